The van der Waals surface area contributed by atoms with Crippen LogP contribution < -0.4 is 5.32 Å². The maximum atomic E-state index is 11.8. The maximum absolute atomic E-state index is 11.8. The van der Waals surface area contributed by atoms with E-state index in [0.29, 0.717) is 6.54 Å². The molecule has 0 spiro atoms. The number of nitrogens with zero attached hydrogens (tertiary/aromatic N) is 2. The lowest BCUT2D eigenvalue weighted by molar-refractivity contribution is -0.116. The second-order valence-electron chi connectivity index (χ2n) is 4.99. The minimum atomic E-state index is -0.0729. The van der Waals surface area contributed by atoms with Gasteiger partial charge in [-0.05, 0) is 32.1 Å². The molecule has 1 amide bonds. The highest BCUT2D eigenvalue weighted by Crippen LogP contribution is 2.16. The molecule has 4 nitrogen and oxygen atoms in total. The zero-order valence-electron chi connectivity index (χ0n) is 13.2. The number of hydrogen-bond acceptors (Lipinski definition) is 3. The zero-order chi connectivity index (χ0) is 15.9. The van der Waals surface area contributed by atoms with Crippen LogP contribution in [-0.2, 0) is 11.8 Å². The molecule has 0 atom stereocenters. The van der Waals surface area contributed by atoms with Crippen LogP contribution in [0.4, 0.5) is 0 Å². The molecule has 2 aromatic rings. The fraction of sp³-hybridized carbons (Fsp3) is 0.294. The lowest BCUT2D eigenvalue weighted by Crippen LogP contribution is -2.23. The van der Waals surface area contributed by atoms with E-state index in [1.165, 1.54) is 4.90 Å². The second kappa shape index (κ2) is 7.84. The van der Waals surface area contributed by atoms with Gasteiger partial charge in [0.1, 0.15) is 0 Å². The van der Waals surface area contributed by atoms with Gasteiger partial charge < -0.3 is 5.32 Å². The SMILES string of the molecule is Cc1nn(C)c(C)c1/C=C/C(=O)NCCSc1ccccc1. The third kappa shape index (κ3) is 4.49. The summed E-state index contributed by atoms with van der Waals surface area (Å²) < 4.78 is 1.82. The van der Waals surface area contributed by atoms with E-state index in [-0.39, 0.29) is 5.91 Å². The summed E-state index contributed by atoms with van der Waals surface area (Å²) in [6.45, 7) is 4.59. The van der Waals surface area contributed by atoms with Crippen LogP contribution in [0.2, 0.25) is 0 Å². The van der Waals surface area contributed by atoms with E-state index < -0.39 is 0 Å². The molecule has 0 saturated carbocycles. The Kier molecular flexibility index (Phi) is 5.83. The van der Waals surface area contributed by atoms with Crippen molar-refractivity contribution in [2.75, 3.05) is 12.3 Å². The monoisotopic (exact) mass is 315 g/mol. The normalized spacial score (nSPS) is 11.0. The van der Waals surface area contributed by atoms with E-state index in [1.807, 2.05) is 49.9 Å². The first-order valence-electron chi connectivity index (χ1n) is 7.22. The molecule has 0 radical (unpaired) electrons. The highest BCUT2D eigenvalue weighted by molar-refractivity contribution is 7.99. The van der Waals surface area contributed by atoms with Gasteiger partial charge in [0.2, 0.25) is 5.91 Å². The smallest absolute Gasteiger partial charge is 0.244 e. The molecule has 0 aliphatic carbocycles. The lowest BCUT2D eigenvalue weighted by Gasteiger charge is -2.02. The van der Waals surface area contributed by atoms with Crippen molar-refractivity contribution in [3.63, 3.8) is 0 Å². The summed E-state index contributed by atoms with van der Waals surface area (Å²) in [7, 11) is 1.90. The van der Waals surface area contributed by atoms with Crippen LogP contribution in [0, 0.1) is 13.8 Å². The summed E-state index contributed by atoms with van der Waals surface area (Å²) in [6.07, 6.45) is 3.40. The molecule has 0 saturated heterocycles. The lowest BCUT2D eigenvalue weighted by atomic mass is 10.2. The third-order valence-corrected chi connectivity index (χ3v) is 4.39. The number of aryl methyl sites for hydroxylation is 2. The molecule has 0 aliphatic heterocycles. The molecular formula is C17H21N3OS. The highest BCUT2D eigenvalue weighted by atomic mass is 32.2. The Morgan fingerprint density at radius 2 is 2.05 bits per heavy atom. The number of benzene rings is 1. The van der Waals surface area contributed by atoms with Gasteiger partial charge in [-0.15, -0.1) is 11.8 Å². The van der Waals surface area contributed by atoms with E-state index in [2.05, 4.69) is 22.5 Å². The summed E-state index contributed by atoms with van der Waals surface area (Å²) >= 11 is 1.73. The van der Waals surface area contributed by atoms with E-state index in [0.717, 1.165) is 22.7 Å². The van der Waals surface area contributed by atoms with Crippen molar-refractivity contribution < 1.29 is 4.79 Å². The first-order chi connectivity index (χ1) is 10.6. The number of thioether (sulfide) groups is 1. The van der Waals surface area contributed by atoms with E-state index in [4.69, 9.17) is 0 Å². The molecule has 0 bridgehead atoms. The van der Waals surface area contributed by atoms with Gasteiger partial charge in [-0.25, -0.2) is 0 Å². The van der Waals surface area contributed by atoms with Gasteiger partial charge in [-0.2, -0.15) is 5.10 Å². The average Bonchev–Trinajstić information content (AvgIpc) is 2.76. The van der Waals surface area contributed by atoms with Crippen LogP contribution in [0.1, 0.15) is 17.0 Å². The molecule has 1 aromatic carbocycles. The number of rotatable bonds is 6. The predicted molar refractivity (Wildman–Crippen MR) is 91.9 cm³/mol. The average molecular weight is 315 g/mol. The van der Waals surface area contributed by atoms with Crippen molar-refractivity contribution in [1.29, 1.82) is 0 Å². The van der Waals surface area contributed by atoms with Crippen molar-refractivity contribution >= 4 is 23.7 Å². The zero-order valence-corrected chi connectivity index (χ0v) is 14.0. The van der Waals surface area contributed by atoms with Gasteiger partial charge in [-0.1, -0.05) is 18.2 Å². The van der Waals surface area contributed by atoms with Gasteiger partial charge in [0.25, 0.3) is 0 Å². The van der Waals surface area contributed by atoms with Gasteiger partial charge in [0.05, 0.1) is 5.69 Å². The molecular weight excluding hydrogens is 294 g/mol. The minimum absolute atomic E-state index is 0.0729. The second-order valence-corrected chi connectivity index (χ2v) is 6.16. The Hall–Kier alpha value is -2.01. The van der Waals surface area contributed by atoms with Crippen LogP contribution >= 0.6 is 11.8 Å². The van der Waals surface area contributed by atoms with Gasteiger partial charge in [-0.3, -0.25) is 9.48 Å². The fourth-order valence-electron chi connectivity index (χ4n) is 2.11. The molecule has 0 fully saturated rings. The number of hydrogen-bond donors (Lipinski definition) is 1. The minimum Gasteiger partial charge on any atom is -0.352 e. The van der Waals surface area contributed by atoms with Crippen LogP contribution in [-0.4, -0.2) is 28.0 Å². The predicted octanol–water partition coefficient (Wildman–Crippen LogP) is 2.96. The molecule has 0 unspecified atom stereocenters. The Morgan fingerprint density at radius 1 is 1.32 bits per heavy atom. The van der Waals surface area contributed by atoms with E-state index in [1.54, 1.807) is 17.8 Å². The number of carbonyl (C=O) groups is 1. The summed E-state index contributed by atoms with van der Waals surface area (Å²) in [4.78, 5) is 13.0. The Balaban J connectivity index is 1.77. The number of carbonyl (C=O) groups excluding carboxylic acids is 1. The molecule has 1 aromatic heterocycles. The first kappa shape index (κ1) is 16.4. The molecule has 1 heterocycles. The van der Waals surface area contributed by atoms with Gasteiger partial charge >= 0.3 is 0 Å². The Labute approximate surface area is 135 Å². The summed E-state index contributed by atoms with van der Waals surface area (Å²) in [5.41, 5.74) is 3.00. The van der Waals surface area contributed by atoms with Crippen molar-refractivity contribution in [1.82, 2.24) is 15.1 Å². The number of nitrogens with one attached hydrogen (secondary N) is 1. The molecule has 5 heteroatoms. The maximum Gasteiger partial charge on any atom is 0.244 e. The van der Waals surface area contributed by atoms with Crippen LogP contribution in [0.5, 0.6) is 0 Å². The van der Waals surface area contributed by atoms with Gasteiger partial charge in [0.15, 0.2) is 0 Å². The van der Waals surface area contributed by atoms with Crippen LogP contribution in [0.25, 0.3) is 6.08 Å². The first-order valence-corrected chi connectivity index (χ1v) is 8.20. The third-order valence-electron chi connectivity index (χ3n) is 3.38. The standard InChI is InChI=1S/C17H21N3OS/c1-13-16(14(2)20(3)19-13)9-10-17(21)18-11-12-22-15-7-5-4-6-8-15/h4-10H,11-12H2,1-3H3,(H,18,21)/b10-9+. The van der Waals surface area contributed by atoms with Crippen molar-refractivity contribution in [2.45, 2.75) is 18.7 Å². The fourth-order valence-corrected chi connectivity index (χ4v) is 2.90. The van der Waals surface area contributed by atoms with Crippen molar-refractivity contribution in [3.8, 4) is 0 Å². The van der Waals surface area contributed by atoms with Crippen LogP contribution in [0.3, 0.4) is 0 Å². The van der Waals surface area contributed by atoms with E-state index >= 15 is 0 Å². The topological polar surface area (TPSA) is 46.9 Å². The Bertz CT molecular complexity index is 662. The number of amides is 1. The van der Waals surface area contributed by atoms with Crippen molar-refractivity contribution in [2.24, 2.45) is 7.05 Å². The molecule has 0 aliphatic rings. The summed E-state index contributed by atoms with van der Waals surface area (Å²) in [5.74, 6) is 0.783. The summed E-state index contributed by atoms with van der Waals surface area (Å²) in [6, 6.07) is 10.2. The van der Waals surface area contributed by atoms with E-state index in [9.17, 15) is 4.79 Å². The molecule has 2 rings (SSSR count). The van der Waals surface area contributed by atoms with Crippen LogP contribution in [0.15, 0.2) is 41.3 Å². The molecule has 22 heavy (non-hydrogen) atoms. The summed E-state index contributed by atoms with van der Waals surface area (Å²) in [5, 5.41) is 7.22. The number of aromatic nitrogens is 2. The van der Waals surface area contributed by atoms with Gasteiger partial charge in [0, 0.05) is 41.6 Å². The quantitative estimate of drug-likeness (QED) is 0.506. The highest BCUT2D eigenvalue weighted by Gasteiger charge is 2.06. The molecule has 1 N–H and O–H groups in total. The van der Waals surface area contributed by atoms with Crippen molar-refractivity contribution in [3.05, 3.63) is 53.4 Å². The largest absolute Gasteiger partial charge is 0.352 e. The molecule has 116 valence electrons. The Morgan fingerprint density at radius 3 is 2.68 bits per heavy atom.